The third-order valence-electron chi connectivity index (χ3n) is 4.80. The fourth-order valence-electron chi connectivity index (χ4n) is 3.08. The molecule has 4 rings (SSSR count). The Morgan fingerprint density at radius 3 is 2.78 bits per heavy atom. The van der Waals surface area contributed by atoms with Crippen molar-refractivity contribution in [3.63, 3.8) is 0 Å². The highest BCUT2D eigenvalue weighted by atomic mass is 35.5. The Hall–Kier alpha value is -1.60. The molecular formula is C19H22Cl2N4OS. The minimum Gasteiger partial charge on any atom is -0.350 e. The van der Waals surface area contributed by atoms with Crippen molar-refractivity contribution >= 4 is 51.5 Å². The Balaban J connectivity index is 0.00000210. The summed E-state index contributed by atoms with van der Waals surface area (Å²) in [6.45, 7) is 3.15. The lowest BCUT2D eigenvalue weighted by Crippen LogP contribution is -2.38. The second-order valence-corrected chi connectivity index (χ2v) is 8.38. The van der Waals surface area contributed by atoms with Gasteiger partial charge in [-0.1, -0.05) is 23.7 Å². The Labute approximate surface area is 173 Å². The van der Waals surface area contributed by atoms with Crippen molar-refractivity contribution < 1.29 is 4.79 Å². The SMILES string of the molecule is Cc1nn(Cc2ccc(Cl)cc2)c2sc(C(=O)NCC(N)C3CC3)cc12.Cl. The van der Waals surface area contributed by atoms with E-state index in [1.54, 1.807) is 0 Å². The van der Waals surface area contributed by atoms with Crippen molar-refractivity contribution in [1.29, 1.82) is 0 Å². The molecule has 1 aliphatic rings. The van der Waals surface area contributed by atoms with E-state index in [1.165, 1.54) is 24.2 Å². The van der Waals surface area contributed by atoms with Crippen LogP contribution in [-0.4, -0.2) is 28.3 Å². The molecule has 0 radical (unpaired) electrons. The average molecular weight is 425 g/mol. The lowest BCUT2D eigenvalue weighted by Gasteiger charge is -2.10. The fraction of sp³-hybridized carbons (Fsp3) is 0.368. The molecule has 1 saturated carbocycles. The van der Waals surface area contributed by atoms with Gasteiger partial charge >= 0.3 is 0 Å². The number of thiophene rings is 1. The number of halogens is 2. The van der Waals surface area contributed by atoms with Gasteiger partial charge in [0.1, 0.15) is 4.83 Å². The Morgan fingerprint density at radius 1 is 1.41 bits per heavy atom. The maximum absolute atomic E-state index is 12.5. The van der Waals surface area contributed by atoms with Crippen LogP contribution >= 0.6 is 35.3 Å². The average Bonchev–Trinajstić information content (AvgIpc) is 3.31. The van der Waals surface area contributed by atoms with E-state index in [9.17, 15) is 4.79 Å². The van der Waals surface area contributed by atoms with Crippen molar-refractivity contribution in [1.82, 2.24) is 15.1 Å². The van der Waals surface area contributed by atoms with Gasteiger partial charge in [-0.05, 0) is 49.4 Å². The summed E-state index contributed by atoms with van der Waals surface area (Å²) in [6, 6.07) is 9.73. The van der Waals surface area contributed by atoms with Gasteiger partial charge in [-0.2, -0.15) is 5.10 Å². The molecule has 0 saturated heterocycles. The molecule has 0 spiro atoms. The van der Waals surface area contributed by atoms with E-state index in [1.807, 2.05) is 41.9 Å². The van der Waals surface area contributed by atoms with Gasteiger partial charge in [-0.15, -0.1) is 23.7 Å². The van der Waals surface area contributed by atoms with Crippen LogP contribution in [0.25, 0.3) is 10.2 Å². The summed E-state index contributed by atoms with van der Waals surface area (Å²) in [5.41, 5.74) is 8.12. The van der Waals surface area contributed by atoms with Crippen molar-refractivity contribution in [3.05, 3.63) is 51.5 Å². The first kappa shape index (κ1) is 20.1. The molecule has 3 aromatic rings. The van der Waals surface area contributed by atoms with Crippen LogP contribution in [0.4, 0.5) is 0 Å². The first-order chi connectivity index (χ1) is 12.5. The molecule has 1 unspecified atom stereocenters. The predicted molar refractivity (Wildman–Crippen MR) is 113 cm³/mol. The smallest absolute Gasteiger partial charge is 0.261 e. The number of benzene rings is 1. The van der Waals surface area contributed by atoms with Crippen molar-refractivity contribution in [2.75, 3.05) is 6.54 Å². The molecule has 2 heterocycles. The largest absolute Gasteiger partial charge is 0.350 e. The minimum atomic E-state index is -0.0558. The van der Waals surface area contributed by atoms with Gasteiger partial charge in [0, 0.05) is 23.0 Å². The van der Waals surface area contributed by atoms with Crippen LogP contribution in [0.5, 0.6) is 0 Å². The molecule has 1 aromatic carbocycles. The molecule has 3 N–H and O–H groups in total. The minimum absolute atomic E-state index is 0. The summed E-state index contributed by atoms with van der Waals surface area (Å²) in [5.74, 6) is 0.521. The van der Waals surface area contributed by atoms with E-state index < -0.39 is 0 Å². The van der Waals surface area contributed by atoms with Crippen LogP contribution in [-0.2, 0) is 6.54 Å². The molecule has 2 aromatic heterocycles. The fourth-order valence-corrected chi connectivity index (χ4v) is 4.29. The summed E-state index contributed by atoms with van der Waals surface area (Å²) in [6.07, 6.45) is 2.36. The van der Waals surface area contributed by atoms with Crippen LogP contribution in [0.3, 0.4) is 0 Å². The van der Waals surface area contributed by atoms with Crippen molar-refractivity contribution in [2.24, 2.45) is 11.7 Å². The summed E-state index contributed by atoms with van der Waals surface area (Å²) < 4.78 is 1.95. The van der Waals surface area contributed by atoms with Gasteiger partial charge in [-0.3, -0.25) is 9.48 Å². The van der Waals surface area contributed by atoms with Crippen molar-refractivity contribution in [3.8, 4) is 0 Å². The summed E-state index contributed by atoms with van der Waals surface area (Å²) in [4.78, 5) is 14.2. The molecule has 144 valence electrons. The zero-order valence-electron chi connectivity index (χ0n) is 14.9. The molecule has 1 fully saturated rings. The van der Waals surface area contributed by atoms with E-state index in [-0.39, 0.29) is 24.4 Å². The molecule has 27 heavy (non-hydrogen) atoms. The quantitative estimate of drug-likeness (QED) is 0.627. The van der Waals surface area contributed by atoms with Gasteiger partial charge in [0.05, 0.1) is 17.1 Å². The molecular weight excluding hydrogens is 403 g/mol. The highest BCUT2D eigenvalue weighted by molar-refractivity contribution is 7.20. The van der Waals surface area contributed by atoms with E-state index in [0.29, 0.717) is 23.9 Å². The van der Waals surface area contributed by atoms with Crippen LogP contribution < -0.4 is 11.1 Å². The number of hydrogen-bond acceptors (Lipinski definition) is 4. The maximum Gasteiger partial charge on any atom is 0.261 e. The number of amides is 1. The van der Waals surface area contributed by atoms with Gasteiger partial charge in [-0.25, -0.2) is 0 Å². The molecule has 8 heteroatoms. The number of nitrogens with zero attached hydrogens (tertiary/aromatic N) is 2. The van der Waals surface area contributed by atoms with Crippen LogP contribution in [0, 0.1) is 12.8 Å². The highest BCUT2D eigenvalue weighted by Gasteiger charge is 2.28. The zero-order valence-corrected chi connectivity index (χ0v) is 17.3. The zero-order chi connectivity index (χ0) is 18.3. The lowest BCUT2D eigenvalue weighted by atomic mass is 10.2. The van der Waals surface area contributed by atoms with Crippen molar-refractivity contribution in [2.45, 2.75) is 32.4 Å². The Kier molecular flexibility index (Phi) is 6.11. The van der Waals surface area contributed by atoms with Gasteiger partial charge < -0.3 is 11.1 Å². The highest BCUT2D eigenvalue weighted by Crippen LogP contribution is 2.31. The monoisotopic (exact) mass is 424 g/mol. The number of aryl methyl sites for hydroxylation is 1. The number of aromatic nitrogens is 2. The van der Waals surface area contributed by atoms with Gasteiger partial charge in [0.15, 0.2) is 0 Å². The first-order valence-electron chi connectivity index (χ1n) is 8.76. The van der Waals surface area contributed by atoms with E-state index >= 15 is 0 Å². The van der Waals surface area contributed by atoms with Gasteiger partial charge in [0.2, 0.25) is 0 Å². The second-order valence-electron chi connectivity index (χ2n) is 6.91. The van der Waals surface area contributed by atoms with E-state index in [0.717, 1.165) is 26.5 Å². The summed E-state index contributed by atoms with van der Waals surface area (Å²) in [5, 5.41) is 9.33. The molecule has 1 atom stereocenters. The predicted octanol–water partition coefficient (Wildman–Crippen LogP) is 4.00. The number of fused-ring (bicyclic) bond motifs is 1. The lowest BCUT2D eigenvalue weighted by molar-refractivity contribution is 0.0954. The van der Waals surface area contributed by atoms with Crippen LogP contribution in [0.2, 0.25) is 5.02 Å². The van der Waals surface area contributed by atoms with Crippen LogP contribution in [0.1, 0.15) is 33.8 Å². The van der Waals surface area contributed by atoms with Gasteiger partial charge in [0.25, 0.3) is 5.91 Å². The van der Waals surface area contributed by atoms with E-state index in [4.69, 9.17) is 17.3 Å². The Bertz CT molecular complexity index is 947. The summed E-state index contributed by atoms with van der Waals surface area (Å²) in [7, 11) is 0. The molecule has 1 amide bonds. The number of nitrogens with two attached hydrogens (primary N) is 1. The molecule has 0 aliphatic heterocycles. The normalized spacial score (nSPS) is 14.8. The molecule has 1 aliphatic carbocycles. The Morgan fingerprint density at radius 2 is 2.11 bits per heavy atom. The topological polar surface area (TPSA) is 72.9 Å². The number of carbonyl (C=O) groups is 1. The van der Waals surface area contributed by atoms with Crippen LogP contribution in [0.15, 0.2) is 30.3 Å². The first-order valence-corrected chi connectivity index (χ1v) is 9.96. The third-order valence-corrected chi connectivity index (χ3v) is 6.20. The number of rotatable bonds is 6. The second kappa shape index (κ2) is 8.19. The number of carbonyl (C=O) groups excluding carboxylic acids is 1. The number of nitrogens with one attached hydrogen (secondary N) is 1. The summed E-state index contributed by atoms with van der Waals surface area (Å²) >= 11 is 7.43. The molecule has 0 bridgehead atoms. The molecule has 5 nitrogen and oxygen atoms in total. The van der Waals surface area contributed by atoms with E-state index in [2.05, 4.69) is 10.4 Å². The number of hydrogen-bond donors (Lipinski definition) is 2. The third kappa shape index (κ3) is 4.46. The maximum atomic E-state index is 12.5. The standard InChI is InChI=1S/C19H21ClN4OS.ClH/c1-11-15-8-17(18(25)22-9-16(21)13-4-5-13)26-19(15)24(23-11)10-12-2-6-14(20)7-3-12;/h2-3,6-8,13,16H,4-5,9-10,21H2,1H3,(H,22,25);1H.